The lowest BCUT2D eigenvalue weighted by atomic mass is 9.83. The molecule has 39 heavy (non-hydrogen) atoms. The van der Waals surface area contributed by atoms with Crippen molar-refractivity contribution in [1.82, 2.24) is 9.80 Å². The Kier molecular flexibility index (Phi) is 7.46. The highest BCUT2D eigenvalue weighted by atomic mass is 35.5. The summed E-state index contributed by atoms with van der Waals surface area (Å²) in [6.45, 7) is 0.361. The van der Waals surface area contributed by atoms with Gasteiger partial charge in [0.1, 0.15) is 17.1 Å². The zero-order valence-corrected chi connectivity index (χ0v) is 22.3. The van der Waals surface area contributed by atoms with E-state index in [9.17, 15) is 33.0 Å². The molecule has 3 unspecified atom stereocenters. The Morgan fingerprint density at radius 1 is 1.28 bits per heavy atom. The Morgan fingerprint density at radius 3 is 2.74 bits per heavy atom. The highest BCUT2D eigenvalue weighted by Gasteiger charge is 2.61. The molecule has 2 bridgehead atoms. The minimum atomic E-state index is -3.10. The van der Waals surface area contributed by atoms with Crippen molar-refractivity contribution in [2.75, 3.05) is 20.2 Å². The van der Waals surface area contributed by atoms with Crippen LogP contribution in [0.1, 0.15) is 37.3 Å². The molecule has 0 spiro atoms. The molecule has 0 saturated carbocycles. The topological polar surface area (TPSA) is 115 Å². The van der Waals surface area contributed by atoms with Gasteiger partial charge in [-0.2, -0.15) is 0 Å². The number of hydrogen-bond donors (Lipinski definition) is 2. The van der Waals surface area contributed by atoms with Crippen molar-refractivity contribution in [2.45, 2.75) is 60.6 Å². The number of carboxylic acids is 1. The molecule has 0 aromatic heterocycles. The van der Waals surface area contributed by atoms with Crippen molar-refractivity contribution in [3.63, 3.8) is 0 Å². The number of thioether (sulfide) groups is 1. The summed E-state index contributed by atoms with van der Waals surface area (Å²) in [5.74, 6) is -5.59. The maximum absolute atomic E-state index is 15.0. The molecule has 4 aliphatic heterocycles. The zero-order valence-electron chi connectivity index (χ0n) is 20.8. The van der Waals surface area contributed by atoms with Gasteiger partial charge in [-0.25, -0.2) is 13.2 Å². The van der Waals surface area contributed by atoms with E-state index in [0.717, 1.165) is 11.8 Å². The van der Waals surface area contributed by atoms with Crippen LogP contribution in [0.15, 0.2) is 40.0 Å². The molecule has 2 fully saturated rings. The fraction of sp³-hybridized carbons (Fsp3) is 0.520. The molecular formula is C25H26ClF3N4O5S. The Balaban J connectivity index is 1.42. The summed E-state index contributed by atoms with van der Waals surface area (Å²) >= 11 is 7.28. The highest BCUT2D eigenvalue weighted by molar-refractivity contribution is 8.15. The maximum atomic E-state index is 15.0. The van der Waals surface area contributed by atoms with Crippen molar-refractivity contribution in [3.05, 3.63) is 46.4 Å². The lowest BCUT2D eigenvalue weighted by molar-refractivity contribution is -0.148. The Bertz CT molecular complexity index is 1280. The first-order chi connectivity index (χ1) is 18.4. The molecule has 4 aliphatic rings. The first-order valence-corrected chi connectivity index (χ1v) is 13.5. The molecule has 1 aromatic rings. The number of benzene rings is 1. The summed E-state index contributed by atoms with van der Waals surface area (Å²) in [4.78, 5) is 36.0. The van der Waals surface area contributed by atoms with Crippen molar-refractivity contribution in [2.24, 2.45) is 9.98 Å². The molecular weight excluding hydrogens is 561 g/mol. The number of piperidine rings is 1. The van der Waals surface area contributed by atoms with E-state index >= 15 is 0 Å². The van der Waals surface area contributed by atoms with E-state index in [1.165, 1.54) is 25.6 Å². The van der Waals surface area contributed by atoms with Crippen LogP contribution in [0.2, 0.25) is 5.02 Å². The monoisotopic (exact) mass is 586 g/mol. The van der Waals surface area contributed by atoms with Gasteiger partial charge < -0.3 is 14.9 Å². The van der Waals surface area contributed by atoms with Crippen molar-refractivity contribution < 1.29 is 37.7 Å². The molecule has 1 aromatic carbocycles. The van der Waals surface area contributed by atoms with E-state index in [-0.39, 0.29) is 24.4 Å². The van der Waals surface area contributed by atoms with Gasteiger partial charge in [-0.15, -0.1) is 0 Å². The minimum absolute atomic E-state index is 0.0634. The van der Waals surface area contributed by atoms with Gasteiger partial charge in [-0.05, 0) is 30.5 Å². The number of hydrogen-bond acceptors (Lipinski definition) is 9. The van der Waals surface area contributed by atoms with Gasteiger partial charge in [0.2, 0.25) is 0 Å². The number of halogens is 4. The number of aliphatic carboxylic acids is 1. The predicted molar refractivity (Wildman–Crippen MR) is 139 cm³/mol. The fourth-order valence-corrected chi connectivity index (χ4v) is 7.26. The van der Waals surface area contributed by atoms with Gasteiger partial charge in [0.25, 0.3) is 5.92 Å². The van der Waals surface area contributed by atoms with Gasteiger partial charge in [0.05, 0.1) is 43.1 Å². The van der Waals surface area contributed by atoms with Gasteiger partial charge in [-0.3, -0.25) is 29.4 Å². The SMILES string of the molecule is COC(=O)[C@@H]1SC(N2C=NCC=C2CN2C3CC(O)(CC(=O)O)CC2C(F)(F)C3)=N[C@@H]1c1cccc(F)c1Cl. The number of carbonyl (C=O) groups excluding carboxylic acids is 1. The number of carboxylic acid groups (broad SMARTS) is 1. The molecule has 0 aliphatic carbocycles. The largest absolute Gasteiger partial charge is 0.481 e. The Labute approximate surface area is 231 Å². The number of methoxy groups -OCH3 is 1. The molecule has 5 rings (SSSR count). The van der Waals surface area contributed by atoms with E-state index in [2.05, 4.69) is 9.98 Å². The molecule has 4 heterocycles. The van der Waals surface area contributed by atoms with E-state index in [0.29, 0.717) is 23.0 Å². The standard InChI is InChI=1S/C25H26ClF3N4O5S/c1-38-22(36)21-20(15-3-2-4-16(27)19(15)26)31-23(39-21)33-12-30-6-5-13(33)11-32-14-7-24(37,10-18(34)35)9-17(32)25(28,29)8-14/h2-5,12,14,17,20-21,37H,6-11H2,1H3,(H,34,35)/t14?,17?,20-,21-,24?/m1/s1. The number of nitrogens with zero attached hydrogens (tertiary/aromatic N) is 4. The van der Waals surface area contributed by atoms with Crippen LogP contribution in [0.3, 0.4) is 0 Å². The number of alkyl halides is 2. The fourth-order valence-electron chi connectivity index (χ4n) is 5.82. The smallest absolute Gasteiger partial charge is 0.321 e. The van der Waals surface area contributed by atoms with Crippen LogP contribution in [-0.4, -0.2) is 92.5 Å². The second kappa shape index (κ2) is 10.4. The summed E-state index contributed by atoms with van der Waals surface area (Å²) < 4.78 is 49.2. The normalized spacial score (nSPS) is 31.7. The third kappa shape index (κ3) is 5.29. The lowest BCUT2D eigenvalue weighted by Crippen LogP contribution is -2.55. The number of carbonyl (C=O) groups is 2. The highest BCUT2D eigenvalue weighted by Crippen LogP contribution is 2.50. The molecule has 0 radical (unpaired) electrons. The van der Waals surface area contributed by atoms with Crippen LogP contribution in [0.25, 0.3) is 0 Å². The van der Waals surface area contributed by atoms with Crippen molar-refractivity contribution in [1.29, 1.82) is 0 Å². The van der Waals surface area contributed by atoms with Gasteiger partial charge >= 0.3 is 11.9 Å². The van der Waals surface area contributed by atoms with Crippen LogP contribution in [0, 0.1) is 5.82 Å². The second-order valence-electron chi connectivity index (χ2n) is 10.1. The molecule has 2 N–H and O–H groups in total. The third-order valence-corrected chi connectivity index (χ3v) is 9.14. The van der Waals surface area contributed by atoms with Crippen LogP contribution < -0.4 is 0 Å². The predicted octanol–water partition coefficient (Wildman–Crippen LogP) is 3.47. The molecule has 210 valence electrons. The summed E-state index contributed by atoms with van der Waals surface area (Å²) in [5.41, 5.74) is -0.821. The van der Waals surface area contributed by atoms with Crippen molar-refractivity contribution >= 4 is 46.8 Å². The van der Waals surface area contributed by atoms with Crippen LogP contribution in [-0.2, 0) is 14.3 Å². The molecule has 14 heteroatoms. The molecule has 0 amide bonds. The van der Waals surface area contributed by atoms with Crippen LogP contribution in [0.5, 0.6) is 0 Å². The van der Waals surface area contributed by atoms with E-state index in [1.54, 1.807) is 21.9 Å². The number of aliphatic imine (C=N–C) groups is 2. The zero-order chi connectivity index (χ0) is 28.1. The minimum Gasteiger partial charge on any atom is -0.481 e. The Hall–Kier alpha value is -2.61. The summed E-state index contributed by atoms with van der Waals surface area (Å²) in [7, 11) is 1.23. The number of ether oxygens (including phenoxy) is 1. The van der Waals surface area contributed by atoms with E-state index < -0.39 is 65.5 Å². The van der Waals surface area contributed by atoms with Crippen molar-refractivity contribution in [3.8, 4) is 0 Å². The number of rotatable bonds is 6. The summed E-state index contributed by atoms with van der Waals surface area (Å²) in [6, 6.07) is 1.30. The molecule has 9 nitrogen and oxygen atoms in total. The number of fused-ring (bicyclic) bond motifs is 2. The average Bonchev–Trinajstić information content (AvgIpc) is 3.36. The molecule has 5 atom stereocenters. The number of amidine groups is 1. The third-order valence-electron chi connectivity index (χ3n) is 7.53. The Morgan fingerprint density at radius 2 is 2.05 bits per heavy atom. The van der Waals surface area contributed by atoms with Crippen LogP contribution >= 0.6 is 23.4 Å². The second-order valence-corrected chi connectivity index (χ2v) is 11.6. The average molecular weight is 587 g/mol. The summed E-state index contributed by atoms with van der Waals surface area (Å²) in [5, 5.41) is 19.3. The van der Waals surface area contributed by atoms with Gasteiger partial charge in [-0.1, -0.05) is 35.5 Å². The number of esters is 1. The van der Waals surface area contributed by atoms with E-state index in [1.807, 2.05) is 0 Å². The first-order valence-electron chi connectivity index (χ1n) is 12.2. The van der Waals surface area contributed by atoms with Gasteiger partial charge in [0, 0.05) is 24.7 Å². The first kappa shape index (κ1) is 27.9. The summed E-state index contributed by atoms with van der Waals surface area (Å²) in [6.07, 6.45) is 1.71. The quantitative estimate of drug-likeness (QED) is 0.487. The maximum Gasteiger partial charge on any atom is 0.321 e. The lowest BCUT2D eigenvalue weighted by Gasteiger charge is -2.44. The van der Waals surface area contributed by atoms with Crippen LogP contribution in [0.4, 0.5) is 13.2 Å². The van der Waals surface area contributed by atoms with Gasteiger partial charge in [0.15, 0.2) is 5.17 Å². The van der Waals surface area contributed by atoms with E-state index in [4.69, 9.17) is 16.3 Å². The number of aliphatic hydroxyl groups is 1. The molecule has 2 saturated heterocycles.